The van der Waals surface area contributed by atoms with E-state index < -0.39 is 13.0 Å². The lowest BCUT2D eigenvalue weighted by Crippen LogP contribution is -2.27. The molecule has 12 heavy (non-hydrogen) atoms. The zero-order valence-corrected chi connectivity index (χ0v) is 6.84. The maximum Gasteiger partial charge on any atom is 0.451 e. The van der Waals surface area contributed by atoms with Crippen LogP contribution in [0.25, 0.3) is 0 Å². The van der Waals surface area contributed by atoms with Crippen molar-refractivity contribution < 1.29 is 18.8 Å². The third-order valence-electron chi connectivity index (χ3n) is 2.38. The molecule has 2 N–H and O–H groups in total. The van der Waals surface area contributed by atoms with Gasteiger partial charge in [-0.1, -0.05) is 0 Å². The first-order valence-corrected chi connectivity index (χ1v) is 4.23. The van der Waals surface area contributed by atoms with Crippen molar-refractivity contribution in [1.29, 1.82) is 0 Å². The molecule has 0 saturated heterocycles. The quantitative estimate of drug-likeness (QED) is 0.625. The van der Waals surface area contributed by atoms with E-state index >= 15 is 0 Å². The summed E-state index contributed by atoms with van der Waals surface area (Å²) >= 11 is 0. The van der Waals surface area contributed by atoms with Crippen molar-refractivity contribution in [3.05, 3.63) is 0 Å². The van der Waals surface area contributed by atoms with Gasteiger partial charge in [-0.3, -0.25) is 0 Å². The van der Waals surface area contributed by atoms with E-state index in [0.29, 0.717) is 12.8 Å². The van der Waals surface area contributed by atoms with Crippen LogP contribution in [0.4, 0.5) is 8.78 Å². The van der Waals surface area contributed by atoms with Crippen molar-refractivity contribution in [2.45, 2.75) is 37.9 Å². The molecule has 0 unspecified atom stereocenters. The van der Waals surface area contributed by atoms with Crippen LogP contribution in [0.1, 0.15) is 25.7 Å². The molecule has 1 aliphatic carbocycles. The van der Waals surface area contributed by atoms with Gasteiger partial charge in [0.15, 0.2) is 0 Å². The minimum Gasteiger partial charge on any atom is -0.427 e. The van der Waals surface area contributed by atoms with Crippen LogP contribution >= 0.6 is 0 Å². The highest BCUT2D eigenvalue weighted by Gasteiger charge is 2.35. The number of hydrogen-bond acceptors (Lipinski definition) is 2. The second-order valence-corrected chi connectivity index (χ2v) is 3.52. The minimum absolute atomic E-state index is 0.0598. The van der Waals surface area contributed by atoms with Gasteiger partial charge in [-0.05, 0) is 25.1 Å². The van der Waals surface area contributed by atoms with Crippen molar-refractivity contribution >= 4 is 7.12 Å². The van der Waals surface area contributed by atoms with E-state index in [9.17, 15) is 8.78 Å². The van der Waals surface area contributed by atoms with E-state index in [1.807, 2.05) is 0 Å². The van der Waals surface area contributed by atoms with Crippen molar-refractivity contribution in [1.82, 2.24) is 0 Å². The van der Waals surface area contributed by atoms with Gasteiger partial charge < -0.3 is 10.0 Å². The van der Waals surface area contributed by atoms with E-state index in [4.69, 9.17) is 10.0 Å². The van der Waals surface area contributed by atoms with Crippen LogP contribution in [0.3, 0.4) is 0 Å². The summed E-state index contributed by atoms with van der Waals surface area (Å²) < 4.78 is 25.2. The maximum absolute atomic E-state index is 12.6. The number of alkyl halides is 2. The predicted molar refractivity (Wildman–Crippen MR) is 41.9 cm³/mol. The van der Waals surface area contributed by atoms with Gasteiger partial charge in [-0.2, -0.15) is 0 Å². The summed E-state index contributed by atoms with van der Waals surface area (Å²) in [5.41, 5.74) is 0. The molecule has 5 heteroatoms. The number of rotatable bonds is 2. The van der Waals surface area contributed by atoms with E-state index in [1.54, 1.807) is 0 Å². The molecule has 1 saturated carbocycles. The van der Waals surface area contributed by atoms with Gasteiger partial charge >= 0.3 is 7.12 Å². The summed E-state index contributed by atoms with van der Waals surface area (Å²) in [4.78, 5) is 0. The van der Waals surface area contributed by atoms with Gasteiger partial charge in [0.25, 0.3) is 0 Å². The first-order valence-electron chi connectivity index (χ1n) is 4.23. The lowest BCUT2D eigenvalue weighted by Gasteiger charge is -2.27. The van der Waals surface area contributed by atoms with Crippen LogP contribution in [0.15, 0.2) is 0 Å². The Balaban J connectivity index is 2.27. The van der Waals surface area contributed by atoms with Crippen LogP contribution in [-0.4, -0.2) is 23.1 Å². The molecule has 0 radical (unpaired) electrons. The average Bonchev–Trinajstić information content (AvgIpc) is 1.93. The Morgan fingerprint density at radius 3 is 2.17 bits per heavy atom. The summed E-state index contributed by atoms with van der Waals surface area (Å²) in [7, 11) is -1.35. The first kappa shape index (κ1) is 9.93. The first-order chi connectivity index (χ1) is 5.49. The highest BCUT2D eigenvalue weighted by molar-refractivity contribution is 6.41. The second kappa shape index (κ2) is 3.70. The smallest absolute Gasteiger partial charge is 0.427 e. The Bertz CT molecular complexity index is 142. The molecule has 1 rings (SSSR count). The molecule has 1 aliphatic rings. The third kappa shape index (κ3) is 3.07. The Morgan fingerprint density at radius 1 is 1.25 bits per heavy atom. The summed E-state index contributed by atoms with van der Waals surface area (Å²) in [6.45, 7) is 0. The van der Waals surface area contributed by atoms with Crippen LogP contribution in [-0.2, 0) is 0 Å². The van der Waals surface area contributed by atoms with Crippen molar-refractivity contribution in [2.75, 3.05) is 0 Å². The Kier molecular flexibility index (Phi) is 3.07. The fourth-order valence-corrected chi connectivity index (χ4v) is 1.63. The molecule has 0 bridgehead atoms. The zero-order valence-electron chi connectivity index (χ0n) is 6.84. The summed E-state index contributed by atoms with van der Waals surface area (Å²) in [6, 6.07) is 0. The zero-order chi connectivity index (χ0) is 9.19. The van der Waals surface area contributed by atoms with Gasteiger partial charge in [0.2, 0.25) is 5.92 Å². The molecule has 0 heterocycles. The minimum atomic E-state index is -2.52. The molecule has 0 atom stereocenters. The largest absolute Gasteiger partial charge is 0.451 e. The fraction of sp³-hybridized carbons (Fsp3) is 1.00. The van der Waals surface area contributed by atoms with Gasteiger partial charge in [0.1, 0.15) is 0 Å². The summed E-state index contributed by atoms with van der Waals surface area (Å²) in [5.74, 6) is -2.46. The second-order valence-electron chi connectivity index (χ2n) is 3.52. The highest BCUT2D eigenvalue weighted by Crippen LogP contribution is 2.37. The number of halogens is 2. The van der Waals surface area contributed by atoms with Crippen LogP contribution in [0.2, 0.25) is 6.32 Å². The predicted octanol–water partition coefficient (Wildman–Crippen LogP) is 1.28. The molecule has 0 aromatic rings. The Morgan fingerprint density at radius 2 is 1.75 bits per heavy atom. The van der Waals surface area contributed by atoms with Crippen molar-refractivity contribution in [2.24, 2.45) is 5.92 Å². The SMILES string of the molecule is OB(O)CC1CCC(F)(F)CC1. The van der Waals surface area contributed by atoms with E-state index in [1.165, 1.54) is 0 Å². The van der Waals surface area contributed by atoms with Crippen LogP contribution in [0, 0.1) is 5.92 Å². The molecule has 0 spiro atoms. The molecule has 0 aromatic heterocycles. The fourth-order valence-electron chi connectivity index (χ4n) is 1.63. The molecular formula is C7H13BF2O2. The topological polar surface area (TPSA) is 40.5 Å². The average molecular weight is 178 g/mol. The molecule has 0 aromatic carbocycles. The molecule has 70 valence electrons. The van der Waals surface area contributed by atoms with Gasteiger partial charge in [0, 0.05) is 12.8 Å². The Hall–Kier alpha value is -0.155. The van der Waals surface area contributed by atoms with Crippen LogP contribution < -0.4 is 0 Å². The molecule has 1 fully saturated rings. The van der Waals surface area contributed by atoms with Crippen molar-refractivity contribution in [3.8, 4) is 0 Å². The number of hydrogen-bond donors (Lipinski definition) is 2. The monoisotopic (exact) mass is 178 g/mol. The van der Waals surface area contributed by atoms with E-state index in [-0.39, 0.29) is 25.1 Å². The van der Waals surface area contributed by atoms with E-state index in [0.717, 1.165) is 0 Å². The Labute approximate surface area is 70.7 Å². The van der Waals surface area contributed by atoms with E-state index in [2.05, 4.69) is 0 Å². The van der Waals surface area contributed by atoms with Crippen molar-refractivity contribution in [3.63, 3.8) is 0 Å². The molecule has 2 nitrogen and oxygen atoms in total. The maximum atomic E-state index is 12.6. The highest BCUT2D eigenvalue weighted by atomic mass is 19.3. The lowest BCUT2D eigenvalue weighted by molar-refractivity contribution is -0.0443. The lowest BCUT2D eigenvalue weighted by atomic mass is 9.72. The van der Waals surface area contributed by atoms with Gasteiger partial charge in [-0.25, -0.2) is 8.78 Å². The summed E-state index contributed by atoms with van der Waals surface area (Å²) in [5, 5.41) is 17.2. The normalized spacial score (nSPS) is 24.0. The van der Waals surface area contributed by atoms with Gasteiger partial charge in [0.05, 0.1) is 0 Å². The summed E-state index contributed by atoms with van der Waals surface area (Å²) in [6.07, 6.45) is 0.833. The molecule has 0 aliphatic heterocycles. The van der Waals surface area contributed by atoms with Crippen LogP contribution in [0.5, 0.6) is 0 Å². The standard InChI is InChI=1S/C7H13BF2O2/c9-7(10)3-1-6(2-4-7)5-8(11)12/h6,11-12H,1-5H2. The van der Waals surface area contributed by atoms with Gasteiger partial charge in [-0.15, -0.1) is 0 Å². The molecule has 0 amide bonds. The molecular weight excluding hydrogens is 165 g/mol. The third-order valence-corrected chi connectivity index (χ3v) is 2.38.